The van der Waals surface area contributed by atoms with Gasteiger partial charge in [0.15, 0.2) is 0 Å². The van der Waals surface area contributed by atoms with Gasteiger partial charge >= 0.3 is 0 Å². The third kappa shape index (κ3) is 3.18. The summed E-state index contributed by atoms with van der Waals surface area (Å²) in [7, 11) is 0. The van der Waals surface area contributed by atoms with Gasteiger partial charge in [0.05, 0.1) is 0 Å². The van der Waals surface area contributed by atoms with E-state index in [1.165, 1.54) is 38.5 Å². The van der Waals surface area contributed by atoms with Crippen molar-refractivity contribution in [1.29, 1.82) is 0 Å². The lowest BCUT2D eigenvalue weighted by Crippen LogP contribution is -2.35. The molecule has 0 unspecified atom stereocenters. The summed E-state index contributed by atoms with van der Waals surface area (Å²) < 4.78 is 0.292. The first-order valence-corrected chi connectivity index (χ1v) is 7.47. The summed E-state index contributed by atoms with van der Waals surface area (Å²) in [6, 6.07) is 0. The summed E-state index contributed by atoms with van der Waals surface area (Å²) >= 11 is 4.80. The molecule has 0 nitrogen and oxygen atoms in total. The molecule has 1 fully saturated rings. The van der Waals surface area contributed by atoms with Crippen LogP contribution in [0, 0.1) is 17.3 Å². The molecule has 0 amide bonds. The van der Waals surface area contributed by atoms with Gasteiger partial charge in [-0.1, -0.05) is 47.5 Å². The minimum absolute atomic E-state index is 0.292. The fourth-order valence-corrected chi connectivity index (χ4v) is 3.98. The molecule has 0 atom stereocenters. The molecule has 0 radical (unpaired) electrons. The molecule has 96 valence electrons. The minimum Gasteiger partial charge on any atom is -0.173 e. The molecule has 0 saturated heterocycles. The maximum absolute atomic E-state index is 4.80. The third-order valence-corrected chi connectivity index (χ3v) is 5.46. The van der Waals surface area contributed by atoms with Crippen LogP contribution in [0.1, 0.15) is 73.1 Å². The van der Waals surface area contributed by atoms with E-state index in [9.17, 15) is 0 Å². The van der Waals surface area contributed by atoms with Gasteiger partial charge in [0.1, 0.15) is 0 Å². The van der Waals surface area contributed by atoms with Gasteiger partial charge in [-0.15, -0.1) is 0 Å². The Balaban J connectivity index is 2.75. The van der Waals surface area contributed by atoms with Crippen molar-refractivity contribution in [3.8, 4) is 0 Å². The Morgan fingerprint density at radius 3 is 1.50 bits per heavy atom. The van der Waals surface area contributed by atoms with E-state index in [2.05, 4.69) is 34.6 Å². The number of thiol groups is 1. The summed E-state index contributed by atoms with van der Waals surface area (Å²) in [5.41, 5.74) is 0.588. The summed E-state index contributed by atoms with van der Waals surface area (Å²) in [6.07, 6.45) is 8.10. The van der Waals surface area contributed by atoms with E-state index in [-0.39, 0.29) is 0 Å². The Labute approximate surface area is 108 Å². The molecule has 1 saturated carbocycles. The average molecular weight is 242 g/mol. The topological polar surface area (TPSA) is 0 Å². The van der Waals surface area contributed by atoms with Crippen molar-refractivity contribution < 1.29 is 0 Å². The minimum atomic E-state index is 0.292. The van der Waals surface area contributed by atoms with Crippen LogP contribution in [0.4, 0.5) is 0 Å². The molecule has 0 aliphatic heterocycles. The summed E-state index contributed by atoms with van der Waals surface area (Å²) in [5.74, 6) is 1.63. The van der Waals surface area contributed by atoms with E-state index < -0.39 is 0 Å². The molecule has 0 bridgehead atoms. The van der Waals surface area contributed by atoms with Crippen LogP contribution in [0.15, 0.2) is 0 Å². The van der Waals surface area contributed by atoms with Gasteiger partial charge in [-0.25, -0.2) is 0 Å². The molecule has 1 heteroatoms. The summed E-state index contributed by atoms with van der Waals surface area (Å²) in [5, 5.41) is 0. The van der Waals surface area contributed by atoms with E-state index in [1.807, 2.05) is 0 Å². The van der Waals surface area contributed by atoms with Gasteiger partial charge in [0, 0.05) is 4.75 Å². The van der Waals surface area contributed by atoms with E-state index in [1.54, 1.807) is 0 Å². The Morgan fingerprint density at radius 2 is 1.19 bits per heavy atom. The lowest BCUT2D eigenvalue weighted by molar-refractivity contribution is 0.0690. The van der Waals surface area contributed by atoms with Crippen LogP contribution in [0.5, 0.6) is 0 Å². The highest BCUT2D eigenvalue weighted by atomic mass is 32.1. The van der Waals surface area contributed by atoms with Gasteiger partial charge in [0.2, 0.25) is 0 Å². The SMILES string of the molecule is CC(C)C1(C(C)C)CCCC(C)(S)CCC1. The quantitative estimate of drug-likeness (QED) is 0.622. The molecule has 16 heavy (non-hydrogen) atoms. The predicted molar refractivity (Wildman–Crippen MR) is 77.2 cm³/mol. The van der Waals surface area contributed by atoms with Crippen LogP contribution in [-0.4, -0.2) is 4.75 Å². The zero-order valence-corrected chi connectivity index (χ0v) is 12.7. The largest absolute Gasteiger partial charge is 0.173 e. The highest BCUT2D eigenvalue weighted by molar-refractivity contribution is 7.81. The van der Waals surface area contributed by atoms with Crippen molar-refractivity contribution in [2.24, 2.45) is 17.3 Å². The Kier molecular flexibility index (Phi) is 4.80. The molecular formula is C15H30S. The molecule has 1 aliphatic rings. The van der Waals surface area contributed by atoms with Gasteiger partial charge in [0.25, 0.3) is 0 Å². The molecule has 0 spiro atoms. The van der Waals surface area contributed by atoms with Crippen molar-refractivity contribution >= 4 is 12.6 Å². The van der Waals surface area contributed by atoms with Crippen molar-refractivity contribution in [2.75, 3.05) is 0 Å². The fraction of sp³-hybridized carbons (Fsp3) is 1.00. The second-order valence-corrected chi connectivity index (χ2v) is 7.83. The normalized spacial score (nSPS) is 25.5. The van der Waals surface area contributed by atoms with Gasteiger partial charge in [-0.2, -0.15) is 12.6 Å². The third-order valence-electron chi connectivity index (χ3n) is 5.01. The average Bonchev–Trinajstić information content (AvgIpc) is 2.10. The Hall–Kier alpha value is 0.350. The predicted octanol–water partition coefficient (Wildman–Crippen LogP) is 5.33. The second kappa shape index (κ2) is 5.33. The van der Waals surface area contributed by atoms with Crippen molar-refractivity contribution in [3.63, 3.8) is 0 Å². The zero-order chi connectivity index (χ0) is 12.4. The van der Waals surface area contributed by atoms with Crippen LogP contribution < -0.4 is 0 Å². The molecule has 0 aromatic carbocycles. The number of hydrogen-bond acceptors (Lipinski definition) is 1. The van der Waals surface area contributed by atoms with Crippen molar-refractivity contribution in [3.05, 3.63) is 0 Å². The molecule has 0 heterocycles. The lowest BCUT2D eigenvalue weighted by atomic mass is 9.62. The monoisotopic (exact) mass is 242 g/mol. The molecule has 0 aromatic rings. The lowest BCUT2D eigenvalue weighted by Gasteiger charge is -2.45. The first-order valence-electron chi connectivity index (χ1n) is 7.02. The van der Waals surface area contributed by atoms with Gasteiger partial charge in [-0.05, 0) is 42.9 Å². The van der Waals surface area contributed by atoms with Crippen LogP contribution in [0.2, 0.25) is 0 Å². The molecule has 0 N–H and O–H groups in total. The zero-order valence-electron chi connectivity index (χ0n) is 11.8. The molecule has 0 aromatic heterocycles. The Morgan fingerprint density at radius 1 is 0.812 bits per heavy atom. The van der Waals surface area contributed by atoms with E-state index >= 15 is 0 Å². The number of hydrogen-bond donors (Lipinski definition) is 1. The molecule has 1 rings (SSSR count). The van der Waals surface area contributed by atoms with Crippen LogP contribution in [0.3, 0.4) is 0 Å². The maximum atomic E-state index is 4.80. The van der Waals surface area contributed by atoms with Gasteiger partial charge in [-0.3, -0.25) is 0 Å². The fourth-order valence-electron chi connectivity index (χ4n) is 3.67. The van der Waals surface area contributed by atoms with Gasteiger partial charge < -0.3 is 0 Å². The highest BCUT2D eigenvalue weighted by Crippen LogP contribution is 2.48. The van der Waals surface area contributed by atoms with Crippen LogP contribution >= 0.6 is 12.6 Å². The first kappa shape index (κ1) is 14.4. The smallest absolute Gasteiger partial charge is 0.0101 e. The molecule has 1 aliphatic carbocycles. The summed E-state index contributed by atoms with van der Waals surface area (Å²) in [4.78, 5) is 0. The Bertz CT molecular complexity index is 193. The van der Waals surface area contributed by atoms with E-state index in [4.69, 9.17) is 12.6 Å². The first-order chi connectivity index (χ1) is 7.30. The van der Waals surface area contributed by atoms with Crippen LogP contribution in [0.25, 0.3) is 0 Å². The van der Waals surface area contributed by atoms with Crippen molar-refractivity contribution in [2.45, 2.75) is 77.9 Å². The van der Waals surface area contributed by atoms with Crippen LogP contribution in [-0.2, 0) is 0 Å². The van der Waals surface area contributed by atoms with E-state index in [0.29, 0.717) is 10.2 Å². The standard InChI is InChI=1S/C15H30S/c1-12(2)15(13(3)4)10-6-8-14(5,16)9-7-11-15/h12-13,16H,6-11H2,1-5H3. The van der Waals surface area contributed by atoms with E-state index in [0.717, 1.165) is 11.8 Å². The highest BCUT2D eigenvalue weighted by Gasteiger charge is 2.38. The number of rotatable bonds is 2. The second-order valence-electron chi connectivity index (χ2n) is 6.75. The maximum Gasteiger partial charge on any atom is 0.0101 e. The van der Waals surface area contributed by atoms with Crippen molar-refractivity contribution in [1.82, 2.24) is 0 Å². The summed E-state index contributed by atoms with van der Waals surface area (Å²) in [6.45, 7) is 12.0. The molecular weight excluding hydrogens is 212 g/mol.